The van der Waals surface area contributed by atoms with Crippen LogP contribution in [-0.4, -0.2) is 23.2 Å². The van der Waals surface area contributed by atoms with Gasteiger partial charge in [0, 0.05) is 0 Å². The van der Waals surface area contributed by atoms with Crippen LogP contribution in [0.3, 0.4) is 0 Å². The van der Waals surface area contributed by atoms with Crippen LogP contribution in [0.2, 0.25) is 0 Å². The molecular weight excluding hydrogens is 250 g/mol. The van der Waals surface area contributed by atoms with E-state index < -0.39 is 6.10 Å². The first-order valence-corrected chi connectivity index (χ1v) is 7.75. The van der Waals surface area contributed by atoms with Crippen LogP contribution in [0.5, 0.6) is 0 Å². The van der Waals surface area contributed by atoms with E-state index in [4.69, 9.17) is 0 Å². The fraction of sp³-hybridized carbons (Fsp3) is 0.588. The molecule has 2 rings (SSSR count). The fourth-order valence-corrected chi connectivity index (χ4v) is 3.00. The molecule has 3 atom stereocenters. The van der Waals surface area contributed by atoms with Crippen molar-refractivity contribution in [3.05, 3.63) is 35.9 Å². The minimum atomic E-state index is -0.394. The van der Waals surface area contributed by atoms with E-state index in [-0.39, 0.29) is 17.9 Å². The molecule has 20 heavy (non-hydrogen) atoms. The summed E-state index contributed by atoms with van der Waals surface area (Å²) in [5.74, 6) is -0.0729. The van der Waals surface area contributed by atoms with Crippen molar-refractivity contribution in [1.82, 2.24) is 5.32 Å². The summed E-state index contributed by atoms with van der Waals surface area (Å²) in [5.41, 5.74) is 1.05. The molecule has 0 saturated heterocycles. The van der Waals surface area contributed by atoms with E-state index in [0.29, 0.717) is 0 Å². The second-order valence-corrected chi connectivity index (χ2v) is 5.69. The number of amides is 1. The lowest BCUT2D eigenvalue weighted by atomic mass is 9.94. The molecule has 0 spiro atoms. The van der Waals surface area contributed by atoms with Crippen molar-refractivity contribution in [3.8, 4) is 0 Å². The number of nitrogens with one attached hydrogen (secondary N) is 1. The Labute approximate surface area is 121 Å². The number of carbonyl (C=O) groups is 1. The number of hydrogen-bond donors (Lipinski definition) is 2. The largest absolute Gasteiger partial charge is 0.391 e. The summed E-state index contributed by atoms with van der Waals surface area (Å²) in [6.07, 6.45) is 5.37. The molecule has 3 heteroatoms. The fourth-order valence-electron chi connectivity index (χ4n) is 3.00. The third kappa shape index (κ3) is 3.83. The summed E-state index contributed by atoms with van der Waals surface area (Å²) in [6.45, 7) is 2.03. The van der Waals surface area contributed by atoms with Gasteiger partial charge in [0.25, 0.3) is 0 Å². The second kappa shape index (κ2) is 7.44. The Morgan fingerprint density at radius 3 is 2.65 bits per heavy atom. The van der Waals surface area contributed by atoms with Crippen molar-refractivity contribution in [2.45, 2.75) is 63.5 Å². The summed E-state index contributed by atoms with van der Waals surface area (Å²) in [7, 11) is 0. The normalized spacial score (nSPS) is 24.7. The highest BCUT2D eigenvalue weighted by Crippen LogP contribution is 2.22. The Hall–Kier alpha value is -1.35. The summed E-state index contributed by atoms with van der Waals surface area (Å²) < 4.78 is 0. The minimum Gasteiger partial charge on any atom is -0.391 e. The van der Waals surface area contributed by atoms with Gasteiger partial charge in [0.15, 0.2) is 0 Å². The molecule has 0 radical (unpaired) electrons. The van der Waals surface area contributed by atoms with E-state index in [9.17, 15) is 9.90 Å². The number of carbonyl (C=O) groups excluding carboxylic acids is 1. The average molecular weight is 275 g/mol. The molecule has 1 fully saturated rings. The van der Waals surface area contributed by atoms with Gasteiger partial charge in [-0.25, -0.2) is 0 Å². The van der Waals surface area contributed by atoms with Crippen LogP contribution in [0.4, 0.5) is 0 Å². The van der Waals surface area contributed by atoms with Gasteiger partial charge in [-0.05, 0) is 24.8 Å². The van der Waals surface area contributed by atoms with Crippen molar-refractivity contribution in [2.75, 3.05) is 0 Å². The van der Waals surface area contributed by atoms with E-state index in [0.717, 1.165) is 44.1 Å². The molecule has 0 aromatic heterocycles. The van der Waals surface area contributed by atoms with E-state index in [1.54, 1.807) is 0 Å². The molecule has 1 aromatic rings. The summed E-state index contributed by atoms with van der Waals surface area (Å²) in [4.78, 5) is 12.5. The van der Waals surface area contributed by atoms with Gasteiger partial charge in [0.2, 0.25) is 5.91 Å². The molecule has 0 heterocycles. The Morgan fingerprint density at radius 1 is 1.25 bits per heavy atom. The molecule has 2 N–H and O–H groups in total. The van der Waals surface area contributed by atoms with Crippen LogP contribution in [0.1, 0.15) is 56.9 Å². The zero-order valence-electron chi connectivity index (χ0n) is 12.2. The van der Waals surface area contributed by atoms with Crippen molar-refractivity contribution < 1.29 is 9.90 Å². The highest BCUT2D eigenvalue weighted by atomic mass is 16.3. The van der Waals surface area contributed by atoms with E-state index in [1.165, 1.54) is 0 Å². The van der Waals surface area contributed by atoms with E-state index in [1.807, 2.05) is 37.3 Å². The topological polar surface area (TPSA) is 49.3 Å². The van der Waals surface area contributed by atoms with Crippen LogP contribution in [0, 0.1) is 0 Å². The van der Waals surface area contributed by atoms with Crippen LogP contribution >= 0.6 is 0 Å². The lowest BCUT2D eigenvalue weighted by molar-refractivity contribution is -0.124. The van der Waals surface area contributed by atoms with Crippen molar-refractivity contribution >= 4 is 5.91 Å². The predicted octanol–water partition coefficient (Wildman–Crippen LogP) is 2.99. The highest BCUT2D eigenvalue weighted by Gasteiger charge is 2.26. The number of benzene rings is 1. The molecule has 3 unspecified atom stereocenters. The lowest BCUT2D eigenvalue weighted by Gasteiger charge is -2.24. The third-order valence-electron chi connectivity index (χ3n) is 4.23. The summed E-state index contributed by atoms with van der Waals surface area (Å²) in [6, 6.07) is 9.80. The zero-order chi connectivity index (χ0) is 14.4. The van der Waals surface area contributed by atoms with E-state index in [2.05, 4.69) is 5.32 Å². The SMILES string of the molecule is CCC(C(=O)NC1CCCCCC1O)c1ccccc1. The van der Waals surface area contributed by atoms with Gasteiger partial charge in [0.05, 0.1) is 18.1 Å². The number of aliphatic hydroxyl groups is 1. The molecule has 1 saturated carbocycles. The molecule has 0 bridgehead atoms. The molecule has 1 aromatic carbocycles. The first-order chi connectivity index (χ1) is 9.72. The quantitative estimate of drug-likeness (QED) is 0.830. The van der Waals surface area contributed by atoms with Crippen LogP contribution in [-0.2, 0) is 4.79 Å². The maximum absolute atomic E-state index is 12.5. The Kier molecular flexibility index (Phi) is 5.60. The van der Waals surface area contributed by atoms with Gasteiger partial charge < -0.3 is 10.4 Å². The standard InChI is InChI=1S/C17H25NO2/c1-2-14(13-9-5-3-6-10-13)17(20)18-15-11-7-4-8-12-16(15)19/h3,5-6,9-10,14-16,19H,2,4,7-8,11-12H2,1H3,(H,18,20). The van der Waals surface area contributed by atoms with Gasteiger partial charge in [-0.2, -0.15) is 0 Å². The van der Waals surface area contributed by atoms with Gasteiger partial charge in [-0.15, -0.1) is 0 Å². The molecule has 1 amide bonds. The second-order valence-electron chi connectivity index (χ2n) is 5.69. The Bertz CT molecular complexity index is 418. The zero-order valence-corrected chi connectivity index (χ0v) is 12.2. The monoisotopic (exact) mass is 275 g/mol. The third-order valence-corrected chi connectivity index (χ3v) is 4.23. The highest BCUT2D eigenvalue weighted by molar-refractivity contribution is 5.83. The maximum atomic E-state index is 12.5. The maximum Gasteiger partial charge on any atom is 0.227 e. The number of aliphatic hydroxyl groups excluding tert-OH is 1. The summed E-state index contributed by atoms with van der Waals surface area (Å²) >= 11 is 0. The van der Waals surface area contributed by atoms with Crippen LogP contribution < -0.4 is 5.32 Å². The van der Waals surface area contributed by atoms with Crippen LogP contribution in [0.15, 0.2) is 30.3 Å². The lowest BCUT2D eigenvalue weighted by Crippen LogP contribution is -2.44. The smallest absolute Gasteiger partial charge is 0.227 e. The Balaban J connectivity index is 2.02. The minimum absolute atomic E-state index is 0.0460. The molecular formula is C17H25NO2. The first kappa shape index (κ1) is 15.0. The molecule has 1 aliphatic rings. The average Bonchev–Trinajstić information content (AvgIpc) is 2.66. The predicted molar refractivity (Wildman–Crippen MR) is 80.5 cm³/mol. The summed E-state index contributed by atoms with van der Waals surface area (Å²) in [5, 5.41) is 13.2. The molecule has 3 nitrogen and oxygen atoms in total. The number of hydrogen-bond acceptors (Lipinski definition) is 2. The molecule has 110 valence electrons. The van der Waals surface area contributed by atoms with Crippen molar-refractivity contribution in [1.29, 1.82) is 0 Å². The molecule has 0 aliphatic heterocycles. The van der Waals surface area contributed by atoms with Gasteiger partial charge in [-0.3, -0.25) is 4.79 Å². The van der Waals surface area contributed by atoms with Crippen LogP contribution in [0.25, 0.3) is 0 Å². The number of rotatable bonds is 4. The van der Waals surface area contributed by atoms with Crippen molar-refractivity contribution in [3.63, 3.8) is 0 Å². The first-order valence-electron chi connectivity index (χ1n) is 7.75. The van der Waals surface area contributed by atoms with E-state index >= 15 is 0 Å². The van der Waals surface area contributed by atoms with Gasteiger partial charge in [-0.1, -0.05) is 56.5 Å². The van der Waals surface area contributed by atoms with Gasteiger partial charge >= 0.3 is 0 Å². The van der Waals surface area contributed by atoms with Gasteiger partial charge in [0.1, 0.15) is 0 Å². The Morgan fingerprint density at radius 2 is 1.95 bits per heavy atom. The molecule has 1 aliphatic carbocycles. The van der Waals surface area contributed by atoms with Crippen molar-refractivity contribution in [2.24, 2.45) is 0 Å².